The largest absolute Gasteiger partial charge is 0.376 e. The number of carbonyl (C=O) groups excluding carboxylic acids is 1. The molecule has 1 saturated heterocycles. The zero-order valence-electron chi connectivity index (χ0n) is 10.3. The summed E-state index contributed by atoms with van der Waals surface area (Å²) in [6, 6.07) is 8.07. The van der Waals surface area contributed by atoms with Crippen molar-refractivity contribution in [2.24, 2.45) is 0 Å². The Morgan fingerprint density at radius 3 is 3.11 bits per heavy atom. The summed E-state index contributed by atoms with van der Waals surface area (Å²) < 4.78 is 6.52. The average Bonchev–Trinajstić information content (AvgIpc) is 2.87. The zero-order valence-corrected chi connectivity index (χ0v) is 11.9. The molecule has 18 heavy (non-hydrogen) atoms. The van der Waals surface area contributed by atoms with E-state index in [0.29, 0.717) is 13.0 Å². The Balaban J connectivity index is 1.68. The van der Waals surface area contributed by atoms with E-state index in [9.17, 15) is 4.79 Å². The fraction of sp³-hybridized carbons (Fsp3) is 0.500. The van der Waals surface area contributed by atoms with E-state index in [4.69, 9.17) is 4.74 Å². The van der Waals surface area contributed by atoms with Crippen LogP contribution in [0.1, 0.15) is 24.8 Å². The summed E-state index contributed by atoms with van der Waals surface area (Å²) in [6.07, 6.45) is 3.70. The second-order valence-electron chi connectivity index (χ2n) is 4.57. The van der Waals surface area contributed by atoms with Gasteiger partial charge in [0.1, 0.15) is 0 Å². The number of aryl methyl sites for hydroxylation is 1. The van der Waals surface area contributed by atoms with Crippen LogP contribution in [0.4, 0.5) is 0 Å². The number of benzene rings is 1. The highest BCUT2D eigenvalue weighted by Gasteiger charge is 2.15. The van der Waals surface area contributed by atoms with E-state index in [2.05, 4.69) is 21.2 Å². The Morgan fingerprint density at radius 2 is 2.39 bits per heavy atom. The first-order chi connectivity index (χ1) is 8.74. The van der Waals surface area contributed by atoms with Crippen LogP contribution in [-0.2, 0) is 16.0 Å². The minimum Gasteiger partial charge on any atom is -0.376 e. The summed E-state index contributed by atoms with van der Waals surface area (Å²) in [5, 5.41) is 2.93. The maximum absolute atomic E-state index is 11.7. The van der Waals surface area contributed by atoms with Gasteiger partial charge >= 0.3 is 0 Å². The summed E-state index contributed by atoms with van der Waals surface area (Å²) in [5.74, 6) is 0.102. The van der Waals surface area contributed by atoms with Gasteiger partial charge in [-0.1, -0.05) is 28.1 Å². The summed E-state index contributed by atoms with van der Waals surface area (Å²) in [4.78, 5) is 11.7. The van der Waals surface area contributed by atoms with E-state index in [0.717, 1.165) is 30.3 Å². The zero-order chi connectivity index (χ0) is 12.8. The number of ether oxygens (including phenoxy) is 1. The van der Waals surface area contributed by atoms with E-state index < -0.39 is 0 Å². The normalized spacial score (nSPS) is 18.8. The SMILES string of the molecule is O=C(CCc1cccc(Br)c1)NCC1CCCO1. The van der Waals surface area contributed by atoms with Crippen molar-refractivity contribution in [3.8, 4) is 0 Å². The standard InChI is InChI=1S/C14H18BrNO2/c15-12-4-1-3-11(9-12)6-7-14(17)16-10-13-5-2-8-18-13/h1,3-4,9,13H,2,5-8,10H2,(H,16,17). The molecule has 98 valence electrons. The molecule has 1 aliphatic heterocycles. The molecule has 1 atom stereocenters. The Bertz CT molecular complexity index is 403. The number of rotatable bonds is 5. The Morgan fingerprint density at radius 1 is 1.50 bits per heavy atom. The number of halogens is 1. The van der Waals surface area contributed by atoms with Crippen molar-refractivity contribution in [3.05, 3.63) is 34.3 Å². The molecule has 2 rings (SSSR count). The van der Waals surface area contributed by atoms with Gasteiger partial charge in [-0.15, -0.1) is 0 Å². The van der Waals surface area contributed by atoms with Crippen molar-refractivity contribution in [1.82, 2.24) is 5.32 Å². The first-order valence-corrected chi connectivity index (χ1v) is 7.16. The maximum atomic E-state index is 11.7. The molecule has 0 aliphatic carbocycles. The molecule has 1 aliphatic rings. The van der Waals surface area contributed by atoms with Gasteiger partial charge < -0.3 is 10.1 Å². The third-order valence-corrected chi connectivity index (χ3v) is 3.57. The average molecular weight is 312 g/mol. The lowest BCUT2D eigenvalue weighted by Crippen LogP contribution is -2.31. The third kappa shape index (κ3) is 4.42. The van der Waals surface area contributed by atoms with E-state index in [1.807, 2.05) is 24.3 Å². The molecule has 1 N–H and O–H groups in total. The van der Waals surface area contributed by atoms with Crippen molar-refractivity contribution in [1.29, 1.82) is 0 Å². The molecule has 1 aromatic carbocycles. The number of amides is 1. The van der Waals surface area contributed by atoms with E-state index in [-0.39, 0.29) is 12.0 Å². The molecule has 3 nitrogen and oxygen atoms in total. The molecule has 1 heterocycles. The van der Waals surface area contributed by atoms with Crippen LogP contribution in [0.5, 0.6) is 0 Å². The van der Waals surface area contributed by atoms with Gasteiger partial charge in [-0.3, -0.25) is 4.79 Å². The number of carbonyl (C=O) groups is 1. The summed E-state index contributed by atoms with van der Waals surface area (Å²) in [7, 11) is 0. The van der Waals surface area contributed by atoms with Crippen LogP contribution in [0, 0.1) is 0 Å². The Labute approximate surface area is 116 Å². The smallest absolute Gasteiger partial charge is 0.220 e. The third-order valence-electron chi connectivity index (χ3n) is 3.08. The maximum Gasteiger partial charge on any atom is 0.220 e. The predicted octanol–water partition coefficient (Wildman–Crippen LogP) is 2.68. The lowest BCUT2D eigenvalue weighted by atomic mass is 10.1. The first-order valence-electron chi connectivity index (χ1n) is 6.37. The molecule has 4 heteroatoms. The van der Waals surface area contributed by atoms with Crippen molar-refractivity contribution in [3.63, 3.8) is 0 Å². The molecule has 1 aromatic rings. The van der Waals surface area contributed by atoms with Crippen molar-refractivity contribution in [2.75, 3.05) is 13.2 Å². The minimum absolute atomic E-state index is 0.102. The molecular weight excluding hydrogens is 294 g/mol. The van der Waals surface area contributed by atoms with E-state index >= 15 is 0 Å². The van der Waals surface area contributed by atoms with Crippen molar-refractivity contribution < 1.29 is 9.53 Å². The van der Waals surface area contributed by atoms with Gasteiger partial charge in [0.15, 0.2) is 0 Å². The Hall–Kier alpha value is -0.870. The van der Waals surface area contributed by atoms with Crippen LogP contribution in [0.3, 0.4) is 0 Å². The first kappa shape index (κ1) is 13.6. The molecule has 0 bridgehead atoms. The fourth-order valence-corrected chi connectivity index (χ4v) is 2.52. The highest BCUT2D eigenvalue weighted by Crippen LogP contribution is 2.13. The van der Waals surface area contributed by atoms with Gasteiger partial charge in [-0.25, -0.2) is 0 Å². The lowest BCUT2D eigenvalue weighted by Gasteiger charge is -2.10. The fourth-order valence-electron chi connectivity index (χ4n) is 2.07. The highest BCUT2D eigenvalue weighted by atomic mass is 79.9. The van der Waals surface area contributed by atoms with Crippen LogP contribution in [0.25, 0.3) is 0 Å². The van der Waals surface area contributed by atoms with Crippen LogP contribution >= 0.6 is 15.9 Å². The monoisotopic (exact) mass is 311 g/mol. The van der Waals surface area contributed by atoms with Crippen LogP contribution in [0.15, 0.2) is 28.7 Å². The topological polar surface area (TPSA) is 38.3 Å². The second kappa shape index (κ2) is 6.90. The van der Waals surface area contributed by atoms with Crippen LogP contribution in [-0.4, -0.2) is 25.2 Å². The van der Waals surface area contributed by atoms with Crippen molar-refractivity contribution in [2.45, 2.75) is 31.8 Å². The van der Waals surface area contributed by atoms with Crippen LogP contribution in [0.2, 0.25) is 0 Å². The second-order valence-corrected chi connectivity index (χ2v) is 5.48. The number of hydrogen-bond acceptors (Lipinski definition) is 2. The molecule has 1 unspecified atom stereocenters. The van der Waals surface area contributed by atoms with Gasteiger partial charge in [-0.2, -0.15) is 0 Å². The van der Waals surface area contributed by atoms with Crippen LogP contribution < -0.4 is 5.32 Å². The van der Waals surface area contributed by atoms with Gasteiger partial charge in [0.2, 0.25) is 5.91 Å². The van der Waals surface area contributed by atoms with Crippen molar-refractivity contribution >= 4 is 21.8 Å². The number of nitrogens with one attached hydrogen (secondary N) is 1. The predicted molar refractivity (Wildman–Crippen MR) is 74.4 cm³/mol. The minimum atomic E-state index is 0.102. The summed E-state index contributed by atoms with van der Waals surface area (Å²) in [6.45, 7) is 1.48. The molecule has 1 fully saturated rings. The number of hydrogen-bond donors (Lipinski definition) is 1. The molecule has 0 saturated carbocycles. The summed E-state index contributed by atoms with van der Waals surface area (Å²) in [5.41, 5.74) is 1.18. The molecule has 0 aromatic heterocycles. The molecular formula is C14H18BrNO2. The summed E-state index contributed by atoms with van der Waals surface area (Å²) >= 11 is 3.43. The highest BCUT2D eigenvalue weighted by molar-refractivity contribution is 9.10. The molecule has 1 amide bonds. The van der Waals surface area contributed by atoms with E-state index in [1.54, 1.807) is 0 Å². The van der Waals surface area contributed by atoms with E-state index in [1.165, 1.54) is 5.56 Å². The quantitative estimate of drug-likeness (QED) is 0.908. The van der Waals surface area contributed by atoms with Gasteiger partial charge in [0.25, 0.3) is 0 Å². The molecule has 0 spiro atoms. The van der Waals surface area contributed by atoms with Gasteiger partial charge in [0, 0.05) is 24.0 Å². The van der Waals surface area contributed by atoms with Gasteiger partial charge in [-0.05, 0) is 37.0 Å². The van der Waals surface area contributed by atoms with Gasteiger partial charge in [0.05, 0.1) is 6.10 Å². The lowest BCUT2D eigenvalue weighted by molar-refractivity contribution is -0.121. The molecule has 0 radical (unpaired) electrons. The Kier molecular flexibility index (Phi) is 5.20.